The molecule has 0 bridgehead atoms. The molecule has 3 N–H and O–H groups in total. The van der Waals surface area contributed by atoms with Crippen molar-refractivity contribution in [2.45, 2.75) is 37.8 Å². The molecule has 7 rings (SSSR count). The van der Waals surface area contributed by atoms with Gasteiger partial charge >= 0.3 is 5.97 Å². The summed E-state index contributed by atoms with van der Waals surface area (Å²) >= 11 is 0. The predicted molar refractivity (Wildman–Crippen MR) is 170 cm³/mol. The first kappa shape index (κ1) is 28.8. The molecule has 2 heterocycles. The number of carboxylic acid groups (broad SMARTS) is 1. The van der Waals surface area contributed by atoms with Gasteiger partial charge in [0.15, 0.2) is 5.78 Å². The molecule has 0 saturated carbocycles. The van der Waals surface area contributed by atoms with E-state index in [0.29, 0.717) is 64.4 Å². The van der Waals surface area contributed by atoms with E-state index >= 15 is 0 Å². The van der Waals surface area contributed by atoms with Crippen LogP contribution in [-0.2, 0) is 28.9 Å². The number of benzene rings is 4. The number of nitrogens with one attached hydrogen (secondary N) is 2. The van der Waals surface area contributed by atoms with Crippen LogP contribution in [0.5, 0.6) is 0 Å². The monoisotopic (exact) mass is 611 g/mol. The number of hydrogen-bond acceptors (Lipinski definition) is 6. The Balaban J connectivity index is 1.02. The zero-order valence-electron chi connectivity index (χ0n) is 24.6. The van der Waals surface area contributed by atoms with E-state index in [1.807, 2.05) is 47.0 Å². The first-order valence-electron chi connectivity index (χ1n) is 15.0. The number of carbonyl (C=O) groups excluding carboxylic acids is 3. The zero-order valence-corrected chi connectivity index (χ0v) is 24.6. The highest BCUT2D eigenvalue weighted by Crippen LogP contribution is 2.39. The van der Waals surface area contributed by atoms with Crippen molar-refractivity contribution in [2.75, 3.05) is 5.32 Å². The lowest BCUT2D eigenvalue weighted by Crippen LogP contribution is -2.45. The highest BCUT2D eigenvalue weighted by Gasteiger charge is 2.34. The van der Waals surface area contributed by atoms with E-state index in [1.165, 1.54) is 0 Å². The highest BCUT2D eigenvalue weighted by atomic mass is 16.4. The maximum absolute atomic E-state index is 13.4. The Labute approximate surface area is 264 Å². The largest absolute Gasteiger partial charge is 0.480 e. The fourth-order valence-electron chi connectivity index (χ4n) is 6.32. The smallest absolute Gasteiger partial charge is 0.326 e. The van der Waals surface area contributed by atoms with Crippen molar-refractivity contribution >= 4 is 29.3 Å². The van der Waals surface area contributed by atoms with E-state index in [1.54, 1.807) is 54.6 Å². The number of anilines is 1. The topological polar surface area (TPSA) is 143 Å². The first-order valence-corrected chi connectivity index (χ1v) is 15.0. The van der Waals surface area contributed by atoms with Crippen LogP contribution in [0.15, 0.2) is 97.1 Å². The van der Waals surface area contributed by atoms with Crippen LogP contribution in [0.2, 0.25) is 0 Å². The van der Waals surface area contributed by atoms with Gasteiger partial charge in [-0.05, 0) is 41.3 Å². The molecular weight excluding hydrogens is 582 g/mol. The van der Waals surface area contributed by atoms with Gasteiger partial charge in [0.1, 0.15) is 23.7 Å². The van der Waals surface area contributed by atoms with Crippen molar-refractivity contribution in [3.63, 3.8) is 0 Å². The number of nitrogens with zero attached hydrogens (tertiary/aromatic N) is 3. The summed E-state index contributed by atoms with van der Waals surface area (Å²) in [6, 6.07) is 27.2. The minimum Gasteiger partial charge on any atom is -0.480 e. The Bertz CT molecular complexity index is 2000. The Morgan fingerprint density at radius 2 is 1.54 bits per heavy atom. The van der Waals surface area contributed by atoms with Crippen molar-refractivity contribution in [1.29, 1.82) is 0 Å². The molecule has 1 aromatic heterocycles. The molecule has 2 aliphatic rings. The standard InChI is InChI=1S/C36H29N5O5/c42-33-25-10-5-4-9-24(25)32-26(33)11-6-12-27(32)34(43)37-23-15-13-22(14-16-23)19-28(36(45)46)38-35(44)29-17-18-30-39-40-31(41(29)30)20-21-7-2-1-3-8-21/h1-16,28-29H,17-20H2,(H,37,43)(H,38,44)(H,45,46)/t28-,29?/m0/s1. The molecule has 0 fully saturated rings. The second-order valence-corrected chi connectivity index (χ2v) is 11.5. The SMILES string of the molecule is O=C(Nc1ccc(C[C@H](NC(=O)C2CCc3nnc(Cc4ccccc4)n32)C(=O)O)cc1)c1cccc2c1-c1ccccc1C2=O. The van der Waals surface area contributed by atoms with Crippen LogP contribution >= 0.6 is 0 Å². The second-order valence-electron chi connectivity index (χ2n) is 11.5. The van der Waals surface area contributed by atoms with Gasteiger partial charge in [-0.25, -0.2) is 4.79 Å². The van der Waals surface area contributed by atoms with Gasteiger partial charge in [0.05, 0.1) is 0 Å². The number of aliphatic carboxylic acids is 1. The average molecular weight is 612 g/mol. The molecule has 2 atom stereocenters. The molecule has 46 heavy (non-hydrogen) atoms. The number of fused-ring (bicyclic) bond motifs is 4. The summed E-state index contributed by atoms with van der Waals surface area (Å²) in [4.78, 5) is 51.8. The number of carboxylic acids is 1. The van der Waals surface area contributed by atoms with Crippen LogP contribution < -0.4 is 10.6 Å². The number of carbonyl (C=O) groups is 4. The van der Waals surface area contributed by atoms with E-state index in [9.17, 15) is 24.3 Å². The highest BCUT2D eigenvalue weighted by molar-refractivity contribution is 6.25. The molecule has 0 spiro atoms. The van der Waals surface area contributed by atoms with Crippen molar-refractivity contribution in [1.82, 2.24) is 20.1 Å². The Morgan fingerprint density at radius 3 is 2.30 bits per heavy atom. The normalized spacial score (nSPS) is 15.0. The fourth-order valence-corrected chi connectivity index (χ4v) is 6.32. The molecular formula is C36H29N5O5. The first-order chi connectivity index (χ1) is 22.4. The van der Waals surface area contributed by atoms with Crippen molar-refractivity contribution in [3.8, 4) is 11.1 Å². The molecule has 0 radical (unpaired) electrons. The van der Waals surface area contributed by atoms with Crippen LogP contribution in [-0.4, -0.2) is 49.5 Å². The van der Waals surface area contributed by atoms with Gasteiger partial charge in [-0.15, -0.1) is 10.2 Å². The number of ketones is 1. The number of rotatable bonds is 9. The second kappa shape index (κ2) is 11.9. The molecule has 4 aromatic carbocycles. The third-order valence-corrected chi connectivity index (χ3v) is 8.56. The van der Waals surface area contributed by atoms with Crippen molar-refractivity contribution in [3.05, 3.63) is 137 Å². The number of hydrogen-bond donors (Lipinski definition) is 3. The van der Waals surface area contributed by atoms with E-state index in [-0.39, 0.29) is 24.0 Å². The molecule has 0 saturated heterocycles. The molecule has 1 aliphatic heterocycles. The molecule has 1 aliphatic carbocycles. The van der Waals surface area contributed by atoms with Crippen LogP contribution in [0.1, 0.15) is 61.5 Å². The van der Waals surface area contributed by atoms with Crippen molar-refractivity contribution < 1.29 is 24.3 Å². The number of amides is 2. The van der Waals surface area contributed by atoms with Crippen LogP contribution in [0, 0.1) is 0 Å². The zero-order chi connectivity index (χ0) is 31.8. The van der Waals surface area contributed by atoms with Crippen molar-refractivity contribution in [2.24, 2.45) is 0 Å². The van der Waals surface area contributed by atoms with Gasteiger partial charge in [0, 0.05) is 47.2 Å². The maximum Gasteiger partial charge on any atom is 0.326 e. The fraction of sp³-hybridized carbons (Fsp3) is 0.167. The van der Waals surface area contributed by atoms with Gasteiger partial charge in [-0.1, -0.05) is 78.9 Å². The van der Waals surface area contributed by atoms with Gasteiger partial charge in [-0.2, -0.15) is 0 Å². The lowest BCUT2D eigenvalue weighted by Gasteiger charge is -2.20. The molecule has 5 aromatic rings. The molecule has 10 nitrogen and oxygen atoms in total. The predicted octanol–water partition coefficient (Wildman–Crippen LogP) is 4.63. The Kier molecular flexibility index (Phi) is 7.45. The molecule has 1 unspecified atom stereocenters. The van der Waals surface area contributed by atoms with Crippen LogP contribution in [0.3, 0.4) is 0 Å². The summed E-state index contributed by atoms with van der Waals surface area (Å²) in [5.41, 5.74) is 5.04. The minimum atomic E-state index is -1.16. The molecule has 228 valence electrons. The lowest BCUT2D eigenvalue weighted by molar-refractivity contribution is -0.142. The van der Waals surface area contributed by atoms with Gasteiger partial charge in [0.2, 0.25) is 5.91 Å². The minimum absolute atomic E-state index is 0.0546. The lowest BCUT2D eigenvalue weighted by atomic mass is 9.99. The van der Waals surface area contributed by atoms with Gasteiger partial charge in [-0.3, -0.25) is 14.4 Å². The summed E-state index contributed by atoms with van der Waals surface area (Å²) < 4.78 is 1.83. The summed E-state index contributed by atoms with van der Waals surface area (Å²) in [7, 11) is 0. The molecule has 2 amide bonds. The quantitative estimate of drug-likeness (QED) is 0.216. The summed E-state index contributed by atoms with van der Waals surface area (Å²) in [6.07, 6.45) is 1.67. The summed E-state index contributed by atoms with van der Waals surface area (Å²) in [5, 5.41) is 24.1. The van der Waals surface area contributed by atoms with Crippen LogP contribution in [0.4, 0.5) is 5.69 Å². The maximum atomic E-state index is 13.4. The Morgan fingerprint density at radius 1 is 0.826 bits per heavy atom. The Hall–Kier alpha value is -5.90. The third kappa shape index (κ3) is 5.34. The van der Waals surface area contributed by atoms with E-state index in [4.69, 9.17) is 0 Å². The van der Waals surface area contributed by atoms with Crippen LogP contribution in [0.25, 0.3) is 11.1 Å². The molecule has 10 heteroatoms. The third-order valence-electron chi connectivity index (χ3n) is 8.56. The summed E-state index contributed by atoms with van der Waals surface area (Å²) in [5.74, 6) is -0.621. The average Bonchev–Trinajstić information content (AvgIpc) is 3.76. The van der Waals surface area contributed by atoms with Gasteiger partial charge < -0.3 is 20.3 Å². The number of aryl methyl sites for hydroxylation is 1. The van der Waals surface area contributed by atoms with E-state index in [2.05, 4.69) is 20.8 Å². The van der Waals surface area contributed by atoms with E-state index in [0.717, 1.165) is 11.1 Å². The summed E-state index contributed by atoms with van der Waals surface area (Å²) in [6.45, 7) is 0. The van der Waals surface area contributed by atoms with Gasteiger partial charge in [0.25, 0.3) is 5.91 Å². The number of aromatic nitrogens is 3. The van der Waals surface area contributed by atoms with E-state index < -0.39 is 18.1 Å².